The number of aliphatic hydroxyl groups excluding tert-OH is 1. The van der Waals surface area contributed by atoms with E-state index in [1.807, 2.05) is 18.2 Å². The first kappa shape index (κ1) is 14.2. The van der Waals surface area contributed by atoms with Crippen molar-refractivity contribution in [1.82, 2.24) is 10.1 Å². The smallest absolute Gasteiger partial charge is 0.260 e. The van der Waals surface area contributed by atoms with Crippen LogP contribution in [0.3, 0.4) is 0 Å². The average Bonchev–Trinajstić information content (AvgIpc) is 2.86. The lowest BCUT2D eigenvalue weighted by atomic mass is 10.1. The minimum absolute atomic E-state index is 0.0952. The van der Waals surface area contributed by atoms with Gasteiger partial charge in [0.15, 0.2) is 5.82 Å². The van der Waals surface area contributed by atoms with Crippen molar-refractivity contribution < 1.29 is 14.4 Å². The fourth-order valence-corrected chi connectivity index (χ4v) is 1.80. The fourth-order valence-electron chi connectivity index (χ4n) is 1.80. The number of aryl methyl sites for hydroxylation is 1. The number of hydrogen-bond acceptors (Lipinski definition) is 5. The maximum Gasteiger partial charge on any atom is 0.260 e. The van der Waals surface area contributed by atoms with Crippen LogP contribution in [0, 0.1) is 6.92 Å². The maximum absolute atomic E-state index is 11.8. The van der Waals surface area contributed by atoms with Gasteiger partial charge in [-0.15, -0.1) is 0 Å². The van der Waals surface area contributed by atoms with Gasteiger partial charge in [-0.05, 0) is 31.9 Å². The lowest BCUT2D eigenvalue weighted by molar-refractivity contribution is -0.116. The molecular formula is C14H17N3O3. The number of carbonyl (C=O) groups is 1. The van der Waals surface area contributed by atoms with Crippen LogP contribution >= 0.6 is 0 Å². The molecule has 0 atom stereocenters. The minimum atomic E-state index is -0.0952. The first-order valence-electron chi connectivity index (χ1n) is 6.51. The van der Waals surface area contributed by atoms with Gasteiger partial charge in [-0.3, -0.25) is 4.79 Å². The summed E-state index contributed by atoms with van der Waals surface area (Å²) in [5.41, 5.74) is 1.34. The molecule has 106 valence electrons. The standard InChI is InChI=1S/C14H17N3O3/c1-10-15-14(20-17-10)11-6-2-3-7-12(11)16-13(19)8-4-5-9-18/h2-3,6-7,18H,4-5,8-9H2,1H3,(H,16,19). The summed E-state index contributed by atoms with van der Waals surface area (Å²) in [4.78, 5) is 16.0. The Morgan fingerprint density at radius 1 is 1.35 bits per heavy atom. The Labute approximate surface area is 116 Å². The molecule has 1 aromatic heterocycles. The van der Waals surface area contributed by atoms with Crippen molar-refractivity contribution >= 4 is 11.6 Å². The SMILES string of the molecule is Cc1noc(-c2ccccc2NC(=O)CCCCO)n1. The summed E-state index contributed by atoms with van der Waals surface area (Å²) in [5, 5.41) is 15.3. The van der Waals surface area contributed by atoms with Gasteiger partial charge >= 0.3 is 0 Å². The number of amides is 1. The topological polar surface area (TPSA) is 88.2 Å². The highest BCUT2D eigenvalue weighted by Gasteiger charge is 2.12. The normalized spacial score (nSPS) is 10.5. The number of anilines is 1. The zero-order valence-electron chi connectivity index (χ0n) is 11.3. The molecule has 1 heterocycles. The van der Waals surface area contributed by atoms with Crippen LogP contribution in [0.15, 0.2) is 28.8 Å². The summed E-state index contributed by atoms with van der Waals surface area (Å²) in [6.07, 6.45) is 1.65. The highest BCUT2D eigenvalue weighted by atomic mass is 16.5. The Kier molecular flexibility index (Phi) is 4.84. The van der Waals surface area contributed by atoms with Crippen LogP contribution in [0.5, 0.6) is 0 Å². The van der Waals surface area contributed by atoms with Gasteiger partial charge in [0.05, 0.1) is 11.3 Å². The number of rotatable bonds is 6. The second kappa shape index (κ2) is 6.81. The molecule has 0 bridgehead atoms. The number of carbonyl (C=O) groups excluding carboxylic acids is 1. The van der Waals surface area contributed by atoms with Crippen LogP contribution in [0.4, 0.5) is 5.69 Å². The fraction of sp³-hybridized carbons (Fsp3) is 0.357. The molecule has 0 saturated carbocycles. The van der Waals surface area contributed by atoms with Gasteiger partial charge in [0.25, 0.3) is 5.89 Å². The van der Waals surface area contributed by atoms with Gasteiger partial charge < -0.3 is 14.9 Å². The van der Waals surface area contributed by atoms with Crippen LogP contribution < -0.4 is 5.32 Å². The first-order valence-corrected chi connectivity index (χ1v) is 6.51. The lowest BCUT2D eigenvalue weighted by Crippen LogP contribution is -2.12. The summed E-state index contributed by atoms with van der Waals surface area (Å²) in [6.45, 7) is 1.84. The molecule has 0 aliphatic carbocycles. The predicted molar refractivity (Wildman–Crippen MR) is 74.0 cm³/mol. The van der Waals surface area contributed by atoms with E-state index < -0.39 is 0 Å². The highest BCUT2D eigenvalue weighted by Crippen LogP contribution is 2.26. The largest absolute Gasteiger partial charge is 0.396 e. The van der Waals surface area contributed by atoms with E-state index in [0.29, 0.717) is 42.2 Å². The molecule has 1 aromatic carbocycles. The number of benzene rings is 1. The molecule has 2 aromatic rings. The number of nitrogens with zero attached hydrogens (tertiary/aromatic N) is 2. The molecule has 0 spiro atoms. The average molecular weight is 275 g/mol. The number of unbranched alkanes of at least 4 members (excludes halogenated alkanes) is 1. The molecule has 0 unspecified atom stereocenters. The second-order valence-electron chi connectivity index (χ2n) is 4.42. The summed E-state index contributed by atoms with van der Waals surface area (Å²) in [6, 6.07) is 7.28. The lowest BCUT2D eigenvalue weighted by Gasteiger charge is -2.08. The van der Waals surface area contributed by atoms with Crippen LogP contribution in [-0.4, -0.2) is 27.8 Å². The summed E-state index contributed by atoms with van der Waals surface area (Å²) in [7, 11) is 0. The van der Waals surface area contributed by atoms with Crippen molar-refractivity contribution in [1.29, 1.82) is 0 Å². The summed E-state index contributed by atoms with van der Waals surface area (Å²) < 4.78 is 5.13. The Morgan fingerprint density at radius 3 is 2.85 bits per heavy atom. The molecule has 6 nitrogen and oxygen atoms in total. The third-order valence-electron chi connectivity index (χ3n) is 2.77. The summed E-state index contributed by atoms with van der Waals surface area (Å²) >= 11 is 0. The van der Waals surface area contributed by atoms with Crippen molar-refractivity contribution in [2.24, 2.45) is 0 Å². The molecule has 2 rings (SSSR count). The molecule has 0 aliphatic heterocycles. The van der Waals surface area contributed by atoms with Crippen LogP contribution in [-0.2, 0) is 4.79 Å². The van der Waals surface area contributed by atoms with Gasteiger partial charge in [-0.25, -0.2) is 0 Å². The van der Waals surface area contributed by atoms with Gasteiger partial charge in [-0.2, -0.15) is 4.98 Å². The molecule has 2 N–H and O–H groups in total. The minimum Gasteiger partial charge on any atom is -0.396 e. The number of para-hydroxylation sites is 1. The molecular weight excluding hydrogens is 258 g/mol. The number of aromatic nitrogens is 2. The van der Waals surface area contributed by atoms with Crippen molar-refractivity contribution in [2.75, 3.05) is 11.9 Å². The molecule has 0 saturated heterocycles. The van der Waals surface area contributed by atoms with E-state index in [4.69, 9.17) is 9.63 Å². The van der Waals surface area contributed by atoms with Crippen LogP contribution in [0.25, 0.3) is 11.5 Å². The van der Waals surface area contributed by atoms with E-state index in [1.165, 1.54) is 0 Å². The van der Waals surface area contributed by atoms with Gasteiger partial charge in [0.2, 0.25) is 5.91 Å². The quantitative estimate of drug-likeness (QED) is 0.788. The van der Waals surface area contributed by atoms with Gasteiger partial charge in [-0.1, -0.05) is 17.3 Å². The Bertz CT molecular complexity index is 581. The monoisotopic (exact) mass is 275 g/mol. The van der Waals surface area contributed by atoms with E-state index in [2.05, 4.69) is 15.5 Å². The van der Waals surface area contributed by atoms with Crippen molar-refractivity contribution in [3.8, 4) is 11.5 Å². The van der Waals surface area contributed by atoms with E-state index >= 15 is 0 Å². The molecule has 0 fully saturated rings. The number of nitrogens with one attached hydrogen (secondary N) is 1. The first-order chi connectivity index (χ1) is 9.70. The van der Waals surface area contributed by atoms with E-state index in [1.54, 1.807) is 13.0 Å². The van der Waals surface area contributed by atoms with Crippen molar-refractivity contribution in [2.45, 2.75) is 26.2 Å². The Morgan fingerprint density at radius 2 is 2.15 bits per heavy atom. The molecule has 0 aliphatic rings. The Hall–Kier alpha value is -2.21. The number of aliphatic hydroxyl groups is 1. The van der Waals surface area contributed by atoms with E-state index in [0.717, 1.165) is 0 Å². The molecule has 20 heavy (non-hydrogen) atoms. The zero-order valence-corrected chi connectivity index (χ0v) is 11.3. The van der Waals surface area contributed by atoms with Crippen molar-refractivity contribution in [3.63, 3.8) is 0 Å². The van der Waals surface area contributed by atoms with Crippen LogP contribution in [0.1, 0.15) is 25.1 Å². The summed E-state index contributed by atoms with van der Waals surface area (Å²) in [5.74, 6) is 0.833. The molecule has 0 radical (unpaired) electrons. The van der Waals surface area contributed by atoms with E-state index in [-0.39, 0.29) is 12.5 Å². The molecule has 1 amide bonds. The van der Waals surface area contributed by atoms with Crippen molar-refractivity contribution in [3.05, 3.63) is 30.1 Å². The Balaban J connectivity index is 2.10. The van der Waals surface area contributed by atoms with Gasteiger partial charge in [0.1, 0.15) is 0 Å². The zero-order chi connectivity index (χ0) is 14.4. The van der Waals surface area contributed by atoms with Gasteiger partial charge in [0, 0.05) is 13.0 Å². The maximum atomic E-state index is 11.8. The van der Waals surface area contributed by atoms with Crippen LogP contribution in [0.2, 0.25) is 0 Å². The third kappa shape index (κ3) is 3.64. The second-order valence-corrected chi connectivity index (χ2v) is 4.42. The molecule has 6 heteroatoms. The van der Waals surface area contributed by atoms with E-state index in [9.17, 15) is 4.79 Å². The number of hydrogen-bond donors (Lipinski definition) is 2. The third-order valence-corrected chi connectivity index (χ3v) is 2.77. The predicted octanol–water partition coefficient (Wildman–Crippen LogP) is 2.15. The highest BCUT2D eigenvalue weighted by molar-refractivity contribution is 5.94.